The molecule has 0 spiro atoms. The van der Waals surface area contributed by atoms with Crippen LogP contribution in [0.15, 0.2) is 72.9 Å². The zero-order chi connectivity index (χ0) is 98.2. The van der Waals surface area contributed by atoms with Gasteiger partial charge in [-0.05, 0) is 77.6 Å². The summed E-state index contributed by atoms with van der Waals surface area (Å²) in [5, 5.41) is 64.4. The van der Waals surface area contributed by atoms with Gasteiger partial charge in [0.25, 0.3) is 70.9 Å². The molecule has 20 amide bonds. The van der Waals surface area contributed by atoms with E-state index in [2.05, 4.69) is 61.5 Å². The van der Waals surface area contributed by atoms with Crippen LogP contribution in [-0.4, -0.2) is 384 Å². The Labute approximate surface area is 755 Å². The number of imide groups is 6. The summed E-state index contributed by atoms with van der Waals surface area (Å²) in [5.41, 5.74) is 0. The van der Waals surface area contributed by atoms with Gasteiger partial charge in [0.15, 0.2) is 0 Å². The van der Waals surface area contributed by atoms with Crippen LogP contribution in [0.4, 0.5) is 19.2 Å². The standard InChI is InChI=1S/C19H29N5O8.C19H30N4O7.C17H21N3O5.C14H30O12.C7H9NO2.C5H5NO2/c1-4-5-12(22-18(29)31-2)16(23-19(30)32-3)17(28)21-10-9-20-13(25)8-11-24-14(26)6-7-15(24)27;1-13(7-6-12-23-15(24)9-10-16(23)25)21-17(26)14(22-19(28)30-3)8-4-5-11-20-18(27)29-2;1-12(21)18-13(4-2-10-19-14(22)6-7-15(19)23)5-3-11-20-16(24)8-9-17(20)25;15-7-22-5-13(25-10-18)3-20-1-12(24-9-17)2-21-4-14(26-11-19)6-23-8-16;1-2-5-8-6(9)3-4-7(8)10;1-6-4(7)2-3-5(6)8/h6-7,12,16H,4-5,8-11H2,1-3H3,(H,20,25)(H,21,28)(H,22,29)(H,23,30);9-10,13-14H,4-8,11-12H2,1-3H3,(H,20,27)(H,21,26)(H,22,28);6-9,13H,2-5,10-11H2,1H3,(H,18,21);12-19H,1-11H2;3-4H,2,5H2,1H3;2-3H,1H3. The van der Waals surface area contributed by atoms with Crippen LogP contribution >= 0.6 is 0 Å². The van der Waals surface area contributed by atoms with Gasteiger partial charge >= 0.3 is 24.4 Å². The number of carbonyl (C=O) groups is 20. The third-order valence-electron chi connectivity index (χ3n) is 18.3. The van der Waals surface area contributed by atoms with Gasteiger partial charge in [0, 0.05) is 158 Å². The minimum Gasteiger partial charge on any atom is -0.453 e. The number of carbonyl (C=O) groups excluding carboxylic acids is 20. The van der Waals surface area contributed by atoms with Gasteiger partial charge in [0.2, 0.25) is 23.6 Å². The van der Waals surface area contributed by atoms with Gasteiger partial charge in [0.05, 0.1) is 74.1 Å². The van der Waals surface area contributed by atoms with Crippen molar-refractivity contribution in [3.8, 4) is 0 Å². The molecule has 6 aliphatic rings. The number of amides is 20. The van der Waals surface area contributed by atoms with Crippen LogP contribution in [0.1, 0.15) is 111 Å². The topological polar surface area (TPSA) is 660 Å². The number of likely N-dealkylation sites (N-methyl/N-ethyl adjacent to an activating group) is 1. The lowest BCUT2D eigenvalue weighted by molar-refractivity contribution is -0.154. The second-order valence-corrected chi connectivity index (χ2v) is 28.1. The average Bonchev–Trinajstić information content (AvgIpc) is 1.81. The van der Waals surface area contributed by atoms with Gasteiger partial charge in [-0.3, -0.25) is 106 Å². The van der Waals surface area contributed by atoms with Crippen LogP contribution in [-0.2, 0) is 129 Å². The predicted molar refractivity (Wildman–Crippen MR) is 451 cm³/mol. The number of ether oxygens (including phenoxy) is 11. The molecule has 50 nitrogen and oxygen atoms in total. The molecule has 6 rings (SSSR count). The maximum atomic E-state index is 12.6. The summed E-state index contributed by atoms with van der Waals surface area (Å²) in [6.45, 7) is 6.61. The monoisotopic (exact) mass is 1870 g/mol. The normalized spacial score (nSPS) is 15.5. The van der Waals surface area contributed by atoms with Gasteiger partial charge in [-0.25, -0.2) is 19.2 Å². The molecule has 0 aromatic rings. The minimum absolute atomic E-state index is 0.0319. The number of rotatable bonds is 55. The molecule has 6 atom stereocenters. The summed E-state index contributed by atoms with van der Waals surface area (Å²) in [6, 6.07) is -3.05. The van der Waals surface area contributed by atoms with E-state index in [1.54, 1.807) is 6.92 Å². The first-order valence-electron chi connectivity index (χ1n) is 41.4. The number of alkyl carbamates (subject to hydrolysis) is 4. The molecule has 131 heavy (non-hydrogen) atoms. The van der Waals surface area contributed by atoms with E-state index in [-0.39, 0.29) is 155 Å². The zero-order valence-corrected chi connectivity index (χ0v) is 74.7. The van der Waals surface area contributed by atoms with Crippen molar-refractivity contribution in [2.75, 3.05) is 161 Å². The van der Waals surface area contributed by atoms with Crippen LogP contribution in [0.3, 0.4) is 0 Å². The smallest absolute Gasteiger partial charge is 0.407 e. The lowest BCUT2D eigenvalue weighted by Crippen LogP contribution is -2.59. The highest BCUT2D eigenvalue weighted by atomic mass is 16.7. The van der Waals surface area contributed by atoms with Crippen LogP contribution in [0.5, 0.6) is 0 Å². The predicted octanol–water partition coefficient (Wildman–Crippen LogP) is -4.05. The van der Waals surface area contributed by atoms with Crippen LogP contribution in [0, 0.1) is 0 Å². The molecule has 6 heterocycles. The maximum absolute atomic E-state index is 12.6. The van der Waals surface area contributed by atoms with E-state index < -0.39 is 118 Å². The molecule has 0 aromatic carbocycles. The van der Waals surface area contributed by atoms with Crippen molar-refractivity contribution in [3.05, 3.63) is 72.9 Å². The van der Waals surface area contributed by atoms with Gasteiger partial charge in [-0.1, -0.05) is 20.3 Å². The number of aliphatic hydroxyl groups excluding tert-OH is 5. The Bertz CT molecular complexity index is 3740. The van der Waals surface area contributed by atoms with Crippen LogP contribution in [0.2, 0.25) is 0 Å². The Morgan fingerprint density at radius 2 is 0.710 bits per heavy atom. The second kappa shape index (κ2) is 68.8. The molecule has 0 aromatic heterocycles. The first-order valence-corrected chi connectivity index (χ1v) is 41.4. The SMILES string of the molecule is CC(=O)NC(CCCN1C(=O)C=CC1=O)CCCN1C(=O)C=CC1=O.CCCC(NC(=O)OC)C(NC(=O)OC)C(=O)NCCNC(=O)CCN1C(=O)C=CC1=O.CCCN1C(=O)C=CC1=O.CN1C(=O)C=CC1=O.COC(=O)NCCCCC(NC(=O)OC)C(=O)NC(C)CCCN1C(=O)C=CC1=O.OCOCC(COCC(COCC(COCO)OCO)OCO)OCO. The molecule has 0 saturated heterocycles. The number of nitrogens with one attached hydrogen (secondary N) is 8. The molecule has 50 heteroatoms. The van der Waals surface area contributed by atoms with E-state index in [1.807, 2.05) is 13.8 Å². The summed E-state index contributed by atoms with van der Waals surface area (Å²) >= 11 is 0. The van der Waals surface area contributed by atoms with Crippen molar-refractivity contribution in [2.24, 2.45) is 0 Å². The maximum Gasteiger partial charge on any atom is 0.407 e. The molecule has 6 unspecified atom stereocenters. The van der Waals surface area contributed by atoms with Gasteiger partial charge in [-0.2, -0.15) is 0 Å². The second-order valence-electron chi connectivity index (χ2n) is 28.1. The molecule has 6 aliphatic heterocycles. The molecule has 13 N–H and O–H groups in total. The highest BCUT2D eigenvalue weighted by Gasteiger charge is 2.33. The number of methoxy groups -OCH3 is 4. The summed E-state index contributed by atoms with van der Waals surface area (Å²) in [7, 11) is 6.25. The number of aliphatic hydroxyl groups is 5. The molecule has 0 saturated carbocycles. The third-order valence-corrected chi connectivity index (χ3v) is 18.3. The Balaban J connectivity index is 0.000000820. The van der Waals surface area contributed by atoms with E-state index in [1.165, 1.54) is 101 Å². The zero-order valence-electron chi connectivity index (χ0n) is 74.7. The van der Waals surface area contributed by atoms with Crippen molar-refractivity contribution in [1.82, 2.24) is 71.9 Å². The van der Waals surface area contributed by atoms with E-state index in [0.29, 0.717) is 96.8 Å². The van der Waals surface area contributed by atoms with Crippen molar-refractivity contribution in [3.63, 3.8) is 0 Å². The summed E-state index contributed by atoms with van der Waals surface area (Å²) in [6.07, 6.45) is 16.9. The van der Waals surface area contributed by atoms with E-state index >= 15 is 0 Å². The molecule has 0 radical (unpaired) electrons. The van der Waals surface area contributed by atoms with E-state index in [4.69, 9.17) is 58.7 Å². The van der Waals surface area contributed by atoms with Crippen LogP contribution < -0.4 is 42.5 Å². The molecule has 0 bridgehead atoms. The van der Waals surface area contributed by atoms with Gasteiger partial charge in [0.1, 0.15) is 64.4 Å². The lowest BCUT2D eigenvalue weighted by Gasteiger charge is -2.27. The van der Waals surface area contributed by atoms with Crippen molar-refractivity contribution < 1.29 is 174 Å². The largest absolute Gasteiger partial charge is 0.453 e. The summed E-state index contributed by atoms with van der Waals surface area (Å²) in [4.78, 5) is 235. The van der Waals surface area contributed by atoms with E-state index in [0.717, 1.165) is 50.2 Å². The highest BCUT2D eigenvalue weighted by Crippen LogP contribution is 2.15. The lowest BCUT2D eigenvalue weighted by atomic mass is 10.0. The molecular weight excluding hydrogens is 1740 g/mol. The number of nitrogens with zero attached hydrogens (tertiary/aromatic N) is 6. The molecule has 0 aliphatic carbocycles. The van der Waals surface area contributed by atoms with Crippen molar-refractivity contribution >= 4 is 119 Å². The Kier molecular flexibility index (Phi) is 61.3. The molecule has 734 valence electrons. The van der Waals surface area contributed by atoms with Crippen molar-refractivity contribution in [1.29, 1.82) is 0 Å². The minimum atomic E-state index is -1.14. The van der Waals surface area contributed by atoms with E-state index in [9.17, 15) is 95.9 Å². The highest BCUT2D eigenvalue weighted by molar-refractivity contribution is 6.16. The summed E-state index contributed by atoms with van der Waals surface area (Å²) in [5.74, 6) is -5.28. The van der Waals surface area contributed by atoms with Crippen LogP contribution in [0.25, 0.3) is 0 Å². The fraction of sp³-hybridized carbons (Fsp3) is 0.605. The summed E-state index contributed by atoms with van der Waals surface area (Å²) < 4.78 is 53.5. The fourth-order valence-corrected chi connectivity index (χ4v) is 11.7. The fourth-order valence-electron chi connectivity index (χ4n) is 11.7. The van der Waals surface area contributed by atoms with Crippen molar-refractivity contribution in [2.45, 2.75) is 160 Å². The Morgan fingerprint density at radius 3 is 1.07 bits per heavy atom. The third kappa shape index (κ3) is 49.4. The Hall–Kier alpha value is -12.2. The van der Waals surface area contributed by atoms with Gasteiger partial charge in [-0.15, -0.1) is 0 Å². The van der Waals surface area contributed by atoms with Gasteiger partial charge < -0.3 is 120 Å². The number of unbranched alkanes of at least 4 members (excludes halogenated alkanes) is 1. The number of hydrogen-bond donors (Lipinski definition) is 13. The Morgan fingerprint density at radius 1 is 0.351 bits per heavy atom. The first-order chi connectivity index (χ1) is 62.6. The quantitative estimate of drug-likeness (QED) is 0.0119. The average molecular weight is 1870 g/mol. The molecular formula is C81H124N14O36. The molecule has 0 fully saturated rings. The number of hydrogen-bond acceptors (Lipinski definition) is 36. The first kappa shape index (κ1) is 117.